The molecule has 5 nitrogen and oxygen atoms in total. The normalized spacial score (nSPS) is 21.5. The van der Waals surface area contributed by atoms with E-state index in [9.17, 15) is 0 Å². The Hall–Kier alpha value is -0.950. The van der Waals surface area contributed by atoms with Crippen LogP contribution >= 0.6 is 23.7 Å². The van der Waals surface area contributed by atoms with Gasteiger partial charge in [0.15, 0.2) is 0 Å². The molecular formula is C18H28ClN5S. The molecule has 2 aromatic rings. The third kappa shape index (κ3) is 3.92. The summed E-state index contributed by atoms with van der Waals surface area (Å²) in [4.78, 5) is 11.9. The predicted octanol–water partition coefficient (Wildman–Crippen LogP) is 3.23. The van der Waals surface area contributed by atoms with Crippen molar-refractivity contribution in [3.63, 3.8) is 0 Å². The van der Waals surface area contributed by atoms with Crippen molar-refractivity contribution in [1.29, 1.82) is 0 Å². The number of thiazole rings is 1. The van der Waals surface area contributed by atoms with Gasteiger partial charge >= 0.3 is 0 Å². The molecule has 1 aliphatic heterocycles. The van der Waals surface area contributed by atoms with Gasteiger partial charge in [-0.25, -0.2) is 9.97 Å². The van der Waals surface area contributed by atoms with Crippen molar-refractivity contribution in [3.05, 3.63) is 34.3 Å². The molecule has 7 heteroatoms. The van der Waals surface area contributed by atoms with Crippen LogP contribution in [-0.2, 0) is 19.6 Å². The van der Waals surface area contributed by atoms with E-state index >= 15 is 0 Å². The molecule has 2 fully saturated rings. The molecular weight excluding hydrogens is 354 g/mol. The molecule has 1 saturated heterocycles. The first-order valence-corrected chi connectivity index (χ1v) is 9.94. The summed E-state index contributed by atoms with van der Waals surface area (Å²) in [5.74, 6) is 1.18. The highest BCUT2D eigenvalue weighted by atomic mass is 35.5. The molecule has 0 bridgehead atoms. The van der Waals surface area contributed by atoms with E-state index in [1.807, 2.05) is 6.20 Å². The number of hydrogen-bond acceptors (Lipinski definition) is 5. The second-order valence-electron chi connectivity index (χ2n) is 7.22. The molecule has 2 aliphatic rings. The number of aryl methyl sites for hydroxylation is 2. The molecule has 0 aromatic carbocycles. The second kappa shape index (κ2) is 7.74. The van der Waals surface area contributed by atoms with Gasteiger partial charge in [0, 0.05) is 36.9 Å². The average molecular weight is 382 g/mol. The summed E-state index contributed by atoms with van der Waals surface area (Å²) in [6, 6.07) is 0.684. The van der Waals surface area contributed by atoms with E-state index in [0.29, 0.717) is 11.5 Å². The smallest absolute Gasteiger partial charge is 0.122 e. The van der Waals surface area contributed by atoms with Gasteiger partial charge in [-0.3, -0.25) is 4.90 Å². The zero-order chi connectivity index (χ0) is 16.6. The lowest BCUT2D eigenvalue weighted by atomic mass is 9.93. The predicted molar refractivity (Wildman–Crippen MR) is 104 cm³/mol. The maximum Gasteiger partial charge on any atom is 0.122 e. The maximum absolute atomic E-state index is 4.70. The van der Waals surface area contributed by atoms with Crippen LogP contribution in [-0.4, -0.2) is 38.6 Å². The molecule has 1 aliphatic carbocycles. The van der Waals surface area contributed by atoms with Crippen molar-refractivity contribution in [2.75, 3.05) is 13.1 Å². The Morgan fingerprint density at radius 1 is 1.36 bits per heavy atom. The van der Waals surface area contributed by atoms with Gasteiger partial charge in [0.05, 0.1) is 17.2 Å². The van der Waals surface area contributed by atoms with Crippen molar-refractivity contribution in [2.24, 2.45) is 5.41 Å². The summed E-state index contributed by atoms with van der Waals surface area (Å²) in [5, 5.41) is 6.89. The van der Waals surface area contributed by atoms with Crippen LogP contribution < -0.4 is 5.32 Å². The van der Waals surface area contributed by atoms with Crippen LogP contribution in [0.4, 0.5) is 0 Å². The number of nitrogens with zero attached hydrogens (tertiary/aromatic N) is 4. The summed E-state index contributed by atoms with van der Waals surface area (Å²) < 4.78 is 2.26. The van der Waals surface area contributed by atoms with E-state index in [2.05, 4.69) is 45.2 Å². The fraction of sp³-hybridized carbons (Fsp3) is 0.667. The SMILES string of the molecule is CCn1ccnc1CN(Cc1csc(C)n1)C1CC12CCNCC2.Cl. The molecule has 0 radical (unpaired) electrons. The monoisotopic (exact) mass is 381 g/mol. The molecule has 1 saturated carbocycles. The number of aromatic nitrogens is 3. The Kier molecular flexibility index (Phi) is 5.83. The van der Waals surface area contributed by atoms with Crippen LogP contribution in [0.1, 0.15) is 42.7 Å². The summed E-state index contributed by atoms with van der Waals surface area (Å²) in [6.07, 6.45) is 7.98. The molecule has 138 valence electrons. The Morgan fingerprint density at radius 3 is 2.84 bits per heavy atom. The Bertz CT molecular complexity index is 691. The van der Waals surface area contributed by atoms with Crippen LogP contribution in [0.15, 0.2) is 17.8 Å². The van der Waals surface area contributed by atoms with E-state index in [1.54, 1.807) is 11.3 Å². The van der Waals surface area contributed by atoms with Crippen LogP contribution in [0.5, 0.6) is 0 Å². The average Bonchev–Trinajstić information content (AvgIpc) is 2.93. The minimum Gasteiger partial charge on any atom is -0.334 e. The third-order valence-electron chi connectivity index (χ3n) is 5.71. The summed E-state index contributed by atoms with van der Waals surface area (Å²) in [7, 11) is 0. The van der Waals surface area contributed by atoms with E-state index < -0.39 is 0 Å². The van der Waals surface area contributed by atoms with Crippen molar-refractivity contribution in [2.45, 2.75) is 58.8 Å². The highest BCUT2D eigenvalue weighted by molar-refractivity contribution is 7.09. The first-order chi connectivity index (χ1) is 11.7. The van der Waals surface area contributed by atoms with Gasteiger partial charge in [0.25, 0.3) is 0 Å². The van der Waals surface area contributed by atoms with Gasteiger partial charge < -0.3 is 9.88 Å². The van der Waals surface area contributed by atoms with Gasteiger partial charge in [-0.15, -0.1) is 23.7 Å². The van der Waals surface area contributed by atoms with Gasteiger partial charge in [-0.2, -0.15) is 0 Å². The number of halogens is 1. The van der Waals surface area contributed by atoms with Crippen molar-refractivity contribution >= 4 is 23.7 Å². The Morgan fingerprint density at radius 2 is 2.16 bits per heavy atom. The number of nitrogens with one attached hydrogen (secondary N) is 1. The van der Waals surface area contributed by atoms with Crippen LogP contribution in [0, 0.1) is 12.3 Å². The Balaban J connectivity index is 0.00000182. The number of piperidine rings is 1. The molecule has 3 heterocycles. The summed E-state index contributed by atoms with van der Waals surface area (Å²) >= 11 is 1.75. The molecule has 1 unspecified atom stereocenters. The number of rotatable bonds is 6. The number of hydrogen-bond donors (Lipinski definition) is 1. The van der Waals surface area contributed by atoms with E-state index in [1.165, 1.54) is 43.9 Å². The fourth-order valence-corrected chi connectivity index (χ4v) is 4.83. The lowest BCUT2D eigenvalue weighted by molar-refractivity contribution is 0.180. The van der Waals surface area contributed by atoms with Gasteiger partial charge in [-0.1, -0.05) is 0 Å². The highest BCUT2D eigenvalue weighted by Gasteiger charge is 2.56. The zero-order valence-corrected chi connectivity index (χ0v) is 16.7. The van der Waals surface area contributed by atoms with Gasteiger partial charge in [0.2, 0.25) is 0 Å². The quantitative estimate of drug-likeness (QED) is 0.834. The largest absolute Gasteiger partial charge is 0.334 e. The summed E-state index contributed by atoms with van der Waals surface area (Å²) in [6.45, 7) is 9.47. The van der Waals surface area contributed by atoms with Crippen LogP contribution in [0.2, 0.25) is 0 Å². The molecule has 1 spiro atoms. The lowest BCUT2D eigenvalue weighted by Crippen LogP contribution is -2.36. The summed E-state index contributed by atoms with van der Waals surface area (Å²) in [5.41, 5.74) is 1.75. The molecule has 25 heavy (non-hydrogen) atoms. The van der Waals surface area contributed by atoms with E-state index in [4.69, 9.17) is 4.98 Å². The Labute approximate surface area is 160 Å². The minimum atomic E-state index is 0. The van der Waals surface area contributed by atoms with Crippen LogP contribution in [0.3, 0.4) is 0 Å². The molecule has 0 amide bonds. The maximum atomic E-state index is 4.70. The fourth-order valence-electron chi connectivity index (χ4n) is 4.23. The van der Waals surface area contributed by atoms with E-state index in [0.717, 1.165) is 24.6 Å². The number of imidazole rings is 1. The standard InChI is InChI=1S/C18H27N5S.ClH/c1-3-22-9-8-20-17(22)12-23(11-15-13-24-14(2)21-15)16-10-18(16)4-6-19-7-5-18;/h8-9,13,16,19H,3-7,10-12H2,1-2H3;1H. The lowest BCUT2D eigenvalue weighted by Gasteiger charge is -2.29. The van der Waals surface area contributed by atoms with Crippen molar-refractivity contribution in [3.8, 4) is 0 Å². The van der Waals surface area contributed by atoms with Crippen LogP contribution in [0.25, 0.3) is 0 Å². The molecule has 2 aromatic heterocycles. The first kappa shape index (κ1) is 18.8. The van der Waals surface area contributed by atoms with Crippen molar-refractivity contribution in [1.82, 2.24) is 24.8 Å². The third-order valence-corrected chi connectivity index (χ3v) is 6.53. The highest BCUT2D eigenvalue weighted by Crippen LogP contribution is 2.56. The minimum absolute atomic E-state index is 0. The first-order valence-electron chi connectivity index (χ1n) is 9.06. The topological polar surface area (TPSA) is 46.0 Å². The zero-order valence-electron chi connectivity index (χ0n) is 15.1. The van der Waals surface area contributed by atoms with Crippen molar-refractivity contribution < 1.29 is 0 Å². The molecule has 4 rings (SSSR count). The molecule has 1 N–H and O–H groups in total. The molecule has 1 atom stereocenters. The second-order valence-corrected chi connectivity index (χ2v) is 8.29. The van der Waals surface area contributed by atoms with Gasteiger partial charge in [0.1, 0.15) is 5.82 Å². The van der Waals surface area contributed by atoms with Gasteiger partial charge in [-0.05, 0) is 51.6 Å². The van der Waals surface area contributed by atoms with E-state index in [-0.39, 0.29) is 12.4 Å².